The molecule has 3 N–H and O–H groups in total. The van der Waals surface area contributed by atoms with Crippen LogP contribution in [-0.4, -0.2) is 60.2 Å². The second-order valence-corrected chi connectivity index (χ2v) is 6.09. The molecule has 0 unspecified atom stereocenters. The van der Waals surface area contributed by atoms with Crippen LogP contribution in [0, 0.1) is 0 Å². The van der Waals surface area contributed by atoms with Gasteiger partial charge in [0.1, 0.15) is 0 Å². The molecule has 0 atom stereocenters. The fourth-order valence-electron chi connectivity index (χ4n) is 2.95. The minimum absolute atomic E-state index is 0. The number of anilines is 1. The van der Waals surface area contributed by atoms with E-state index in [9.17, 15) is 14.4 Å². The predicted octanol–water partition coefficient (Wildman–Crippen LogP) is 0.696. The van der Waals surface area contributed by atoms with Gasteiger partial charge in [-0.2, -0.15) is 0 Å². The third-order valence-corrected chi connectivity index (χ3v) is 4.37. The number of likely N-dealkylation sites (tertiary alicyclic amines) is 1. The number of nitrogens with two attached hydrogens (primary N) is 1. The van der Waals surface area contributed by atoms with Gasteiger partial charge in [-0.05, 0) is 31.0 Å². The molecule has 0 aliphatic carbocycles. The molecule has 7 nitrogen and oxygen atoms in total. The summed E-state index contributed by atoms with van der Waals surface area (Å²) < 4.78 is 0. The lowest BCUT2D eigenvalue weighted by Crippen LogP contribution is -2.43. The lowest BCUT2D eigenvalue weighted by atomic mass is 10.1. The Morgan fingerprint density at radius 3 is 2.50 bits per heavy atom. The van der Waals surface area contributed by atoms with Crippen LogP contribution >= 0.6 is 12.4 Å². The zero-order valence-corrected chi connectivity index (χ0v) is 14.3. The SMILES string of the molecule is CN1C(=O)c2ccc(NC(=O)CN3CCC(N)CC3)cc2C1=O.Cl. The fourth-order valence-corrected chi connectivity index (χ4v) is 2.95. The number of benzene rings is 1. The molecule has 130 valence electrons. The molecule has 1 aromatic rings. The topological polar surface area (TPSA) is 95.7 Å². The van der Waals surface area contributed by atoms with E-state index in [-0.39, 0.29) is 36.2 Å². The zero-order chi connectivity index (χ0) is 16.6. The van der Waals surface area contributed by atoms with Crippen molar-refractivity contribution in [1.29, 1.82) is 0 Å². The third kappa shape index (κ3) is 3.58. The standard InChI is InChI=1S/C16H20N4O3.ClH/c1-19-15(22)12-3-2-11(8-13(12)16(19)23)18-14(21)9-20-6-4-10(17)5-7-20;/h2-3,8,10H,4-7,9,17H2,1H3,(H,18,21);1H. The summed E-state index contributed by atoms with van der Waals surface area (Å²) in [5.74, 6) is -0.788. The summed E-state index contributed by atoms with van der Waals surface area (Å²) in [6.07, 6.45) is 1.80. The smallest absolute Gasteiger partial charge is 0.261 e. The summed E-state index contributed by atoms with van der Waals surface area (Å²) >= 11 is 0. The van der Waals surface area contributed by atoms with Crippen LogP contribution < -0.4 is 11.1 Å². The molecule has 8 heteroatoms. The highest BCUT2D eigenvalue weighted by Crippen LogP contribution is 2.24. The normalized spacial score (nSPS) is 18.3. The van der Waals surface area contributed by atoms with Crippen LogP contribution in [-0.2, 0) is 4.79 Å². The molecule has 3 rings (SSSR count). The number of amides is 3. The molecule has 0 spiro atoms. The molecule has 1 saturated heterocycles. The minimum atomic E-state index is -0.342. The van der Waals surface area contributed by atoms with Crippen molar-refractivity contribution in [3.63, 3.8) is 0 Å². The van der Waals surface area contributed by atoms with E-state index in [1.54, 1.807) is 18.2 Å². The molecule has 2 heterocycles. The van der Waals surface area contributed by atoms with E-state index in [0.717, 1.165) is 30.8 Å². The van der Waals surface area contributed by atoms with Crippen LogP contribution in [0.1, 0.15) is 33.6 Å². The highest BCUT2D eigenvalue weighted by atomic mass is 35.5. The van der Waals surface area contributed by atoms with Crippen molar-refractivity contribution in [1.82, 2.24) is 9.80 Å². The van der Waals surface area contributed by atoms with Gasteiger partial charge in [-0.25, -0.2) is 0 Å². The fraction of sp³-hybridized carbons (Fsp3) is 0.438. The molecule has 0 bridgehead atoms. The summed E-state index contributed by atoms with van der Waals surface area (Å²) in [5, 5.41) is 2.79. The molecule has 24 heavy (non-hydrogen) atoms. The first-order valence-electron chi connectivity index (χ1n) is 7.70. The van der Waals surface area contributed by atoms with E-state index in [4.69, 9.17) is 5.73 Å². The summed E-state index contributed by atoms with van der Waals surface area (Å²) in [6.45, 7) is 1.93. The van der Waals surface area contributed by atoms with Gasteiger partial charge in [-0.1, -0.05) is 0 Å². The number of nitrogens with one attached hydrogen (secondary N) is 1. The monoisotopic (exact) mass is 352 g/mol. The van der Waals surface area contributed by atoms with Gasteiger partial charge in [-0.15, -0.1) is 12.4 Å². The third-order valence-electron chi connectivity index (χ3n) is 4.37. The van der Waals surface area contributed by atoms with E-state index >= 15 is 0 Å². The number of hydrogen-bond donors (Lipinski definition) is 2. The van der Waals surface area contributed by atoms with E-state index in [1.807, 2.05) is 0 Å². The Balaban J connectivity index is 0.00000208. The van der Waals surface area contributed by atoms with Crippen LogP contribution in [0.25, 0.3) is 0 Å². The van der Waals surface area contributed by atoms with Crippen LogP contribution in [0.15, 0.2) is 18.2 Å². The van der Waals surface area contributed by atoms with Gasteiger partial charge in [0.05, 0.1) is 17.7 Å². The number of piperidine rings is 1. The molecule has 2 aliphatic rings. The first-order valence-corrected chi connectivity index (χ1v) is 7.70. The number of carbonyl (C=O) groups excluding carboxylic acids is 3. The van der Waals surface area contributed by atoms with Crippen molar-refractivity contribution in [2.75, 3.05) is 32.0 Å². The average molecular weight is 353 g/mol. The molecule has 0 aromatic heterocycles. The number of halogens is 1. The van der Waals surface area contributed by atoms with Gasteiger partial charge in [0.15, 0.2) is 0 Å². The Morgan fingerprint density at radius 2 is 1.83 bits per heavy atom. The minimum Gasteiger partial charge on any atom is -0.328 e. The Bertz CT molecular complexity index is 671. The van der Waals surface area contributed by atoms with Gasteiger partial charge in [0.2, 0.25) is 5.91 Å². The Hall–Kier alpha value is -1.96. The van der Waals surface area contributed by atoms with E-state index in [2.05, 4.69) is 10.2 Å². The van der Waals surface area contributed by atoms with Gasteiger partial charge >= 0.3 is 0 Å². The molecule has 1 fully saturated rings. The summed E-state index contributed by atoms with van der Waals surface area (Å²) in [6, 6.07) is 5.01. The average Bonchev–Trinajstić information content (AvgIpc) is 2.74. The summed E-state index contributed by atoms with van der Waals surface area (Å²) in [4.78, 5) is 39.1. The van der Waals surface area contributed by atoms with Crippen LogP contribution in [0.3, 0.4) is 0 Å². The first-order chi connectivity index (χ1) is 11.0. The molecule has 1 aromatic carbocycles. The molecule has 2 aliphatic heterocycles. The van der Waals surface area contributed by atoms with Crippen molar-refractivity contribution in [2.45, 2.75) is 18.9 Å². The van der Waals surface area contributed by atoms with Gasteiger partial charge in [0.25, 0.3) is 11.8 Å². The van der Waals surface area contributed by atoms with Crippen molar-refractivity contribution in [3.8, 4) is 0 Å². The number of carbonyl (C=O) groups is 3. The number of hydrogen-bond acceptors (Lipinski definition) is 5. The van der Waals surface area contributed by atoms with Crippen LogP contribution in [0.4, 0.5) is 5.69 Å². The maximum Gasteiger partial charge on any atom is 0.261 e. The maximum atomic E-state index is 12.1. The molecule has 3 amide bonds. The quantitative estimate of drug-likeness (QED) is 0.780. The number of imide groups is 1. The summed E-state index contributed by atoms with van der Waals surface area (Å²) in [5.41, 5.74) is 7.08. The highest BCUT2D eigenvalue weighted by Gasteiger charge is 2.32. The molecule has 0 radical (unpaired) electrons. The van der Waals surface area contributed by atoms with E-state index < -0.39 is 0 Å². The van der Waals surface area contributed by atoms with Gasteiger partial charge in [-0.3, -0.25) is 24.2 Å². The van der Waals surface area contributed by atoms with E-state index in [0.29, 0.717) is 23.4 Å². The lowest BCUT2D eigenvalue weighted by Gasteiger charge is -2.29. The van der Waals surface area contributed by atoms with Crippen molar-refractivity contribution >= 4 is 35.8 Å². The zero-order valence-electron chi connectivity index (χ0n) is 13.4. The molecule has 0 saturated carbocycles. The van der Waals surface area contributed by atoms with Crippen molar-refractivity contribution in [3.05, 3.63) is 29.3 Å². The van der Waals surface area contributed by atoms with Gasteiger partial charge in [0, 0.05) is 31.9 Å². The van der Waals surface area contributed by atoms with Crippen molar-refractivity contribution in [2.24, 2.45) is 5.73 Å². The van der Waals surface area contributed by atoms with Crippen molar-refractivity contribution < 1.29 is 14.4 Å². The number of rotatable bonds is 3. The Labute approximate surface area is 146 Å². The van der Waals surface area contributed by atoms with Crippen LogP contribution in [0.2, 0.25) is 0 Å². The first kappa shape index (κ1) is 18.4. The van der Waals surface area contributed by atoms with Gasteiger partial charge < -0.3 is 11.1 Å². The second-order valence-electron chi connectivity index (χ2n) is 6.09. The lowest BCUT2D eigenvalue weighted by molar-refractivity contribution is -0.117. The maximum absolute atomic E-state index is 12.1. The Kier molecular flexibility index (Phi) is 5.58. The number of fused-ring (bicyclic) bond motifs is 1. The van der Waals surface area contributed by atoms with Crippen LogP contribution in [0.5, 0.6) is 0 Å². The second kappa shape index (κ2) is 7.29. The predicted molar refractivity (Wildman–Crippen MR) is 92.4 cm³/mol. The molecular weight excluding hydrogens is 332 g/mol. The molecular formula is C16H21ClN4O3. The Morgan fingerprint density at radius 1 is 1.21 bits per heavy atom. The summed E-state index contributed by atoms with van der Waals surface area (Å²) in [7, 11) is 1.45. The van der Waals surface area contributed by atoms with E-state index in [1.165, 1.54) is 7.05 Å². The highest BCUT2D eigenvalue weighted by molar-refractivity contribution is 6.21. The largest absolute Gasteiger partial charge is 0.328 e. The number of nitrogens with zero attached hydrogens (tertiary/aromatic N) is 2.